The Hall–Kier alpha value is -1.48. The summed E-state index contributed by atoms with van der Waals surface area (Å²) in [4.78, 5) is 15.9. The zero-order valence-electron chi connectivity index (χ0n) is 8.65. The lowest BCUT2D eigenvalue weighted by atomic mass is 10.1. The zero-order valence-corrected chi connectivity index (χ0v) is 9.47. The number of hydrogen-bond donors (Lipinski definition) is 0. The van der Waals surface area contributed by atoms with Gasteiger partial charge in [0.2, 0.25) is 0 Å². The number of hydrogen-bond acceptors (Lipinski definition) is 3. The number of benzene rings is 1. The SMILES string of the molecule is Cc1cccc(-c2nc(C=O)c(C)s2)c1. The third kappa shape index (κ3) is 1.97. The number of nitrogens with zero attached hydrogens (tertiary/aromatic N) is 1. The van der Waals surface area contributed by atoms with E-state index in [1.807, 2.05) is 32.0 Å². The topological polar surface area (TPSA) is 30.0 Å². The normalized spacial score (nSPS) is 10.3. The second kappa shape index (κ2) is 3.95. The Bertz CT molecular complexity index is 502. The molecule has 0 bridgehead atoms. The maximum Gasteiger partial charge on any atom is 0.169 e. The summed E-state index contributed by atoms with van der Waals surface area (Å²) >= 11 is 1.56. The molecule has 3 heteroatoms. The van der Waals surface area contributed by atoms with Gasteiger partial charge >= 0.3 is 0 Å². The number of thiazole rings is 1. The Morgan fingerprint density at radius 1 is 1.33 bits per heavy atom. The molecule has 1 aromatic heterocycles. The highest BCUT2D eigenvalue weighted by atomic mass is 32.1. The minimum atomic E-state index is 0.552. The molecule has 0 saturated carbocycles. The standard InChI is InChI=1S/C12H11NOS/c1-8-4-3-5-10(6-8)12-13-11(7-14)9(2)15-12/h3-7H,1-2H3. The molecule has 0 fully saturated rings. The van der Waals surface area contributed by atoms with Crippen molar-refractivity contribution in [3.8, 4) is 10.6 Å². The lowest BCUT2D eigenvalue weighted by Crippen LogP contribution is -1.82. The Labute approximate surface area is 92.6 Å². The molecule has 0 unspecified atom stereocenters. The van der Waals surface area contributed by atoms with Gasteiger partial charge in [-0.1, -0.05) is 23.8 Å². The first-order valence-electron chi connectivity index (χ1n) is 4.70. The van der Waals surface area contributed by atoms with E-state index in [0.29, 0.717) is 5.69 Å². The molecule has 2 aromatic rings. The minimum absolute atomic E-state index is 0.552. The van der Waals surface area contributed by atoms with Crippen molar-refractivity contribution in [2.24, 2.45) is 0 Å². The summed E-state index contributed by atoms with van der Waals surface area (Å²) in [6.45, 7) is 3.96. The van der Waals surface area contributed by atoms with Crippen LogP contribution in [0, 0.1) is 13.8 Å². The van der Waals surface area contributed by atoms with Crippen molar-refractivity contribution in [3.05, 3.63) is 40.4 Å². The molecule has 76 valence electrons. The summed E-state index contributed by atoms with van der Waals surface area (Å²) in [5.41, 5.74) is 2.83. The third-order valence-corrected chi connectivity index (χ3v) is 3.24. The van der Waals surface area contributed by atoms with Crippen molar-refractivity contribution in [1.29, 1.82) is 0 Å². The second-order valence-electron chi connectivity index (χ2n) is 3.45. The first kappa shape index (κ1) is 10.1. The van der Waals surface area contributed by atoms with Crippen molar-refractivity contribution in [1.82, 2.24) is 4.98 Å². The van der Waals surface area contributed by atoms with Crippen LogP contribution in [0.4, 0.5) is 0 Å². The molecule has 15 heavy (non-hydrogen) atoms. The molecule has 0 atom stereocenters. The number of aromatic nitrogens is 1. The lowest BCUT2D eigenvalue weighted by Gasteiger charge is -1.96. The van der Waals surface area contributed by atoms with E-state index in [9.17, 15) is 4.79 Å². The van der Waals surface area contributed by atoms with E-state index in [4.69, 9.17) is 0 Å². The van der Waals surface area contributed by atoms with Crippen LogP contribution in [0.25, 0.3) is 10.6 Å². The number of rotatable bonds is 2. The highest BCUT2D eigenvalue weighted by molar-refractivity contribution is 7.15. The van der Waals surface area contributed by atoms with Crippen LogP contribution < -0.4 is 0 Å². The fourth-order valence-corrected chi connectivity index (χ4v) is 2.30. The van der Waals surface area contributed by atoms with Crippen molar-refractivity contribution in [3.63, 3.8) is 0 Å². The van der Waals surface area contributed by atoms with E-state index >= 15 is 0 Å². The molecule has 0 amide bonds. The van der Waals surface area contributed by atoms with E-state index in [1.54, 1.807) is 11.3 Å². The first-order chi connectivity index (χ1) is 7.20. The summed E-state index contributed by atoms with van der Waals surface area (Å²) in [6, 6.07) is 8.14. The van der Waals surface area contributed by atoms with Gasteiger partial charge in [0.25, 0.3) is 0 Å². The largest absolute Gasteiger partial charge is 0.296 e. The van der Waals surface area contributed by atoms with Gasteiger partial charge in [0, 0.05) is 10.4 Å². The van der Waals surface area contributed by atoms with Gasteiger partial charge in [-0.3, -0.25) is 4.79 Å². The number of aryl methyl sites for hydroxylation is 2. The van der Waals surface area contributed by atoms with Crippen molar-refractivity contribution in [2.45, 2.75) is 13.8 Å². The van der Waals surface area contributed by atoms with Crippen LogP contribution in [0.2, 0.25) is 0 Å². The minimum Gasteiger partial charge on any atom is -0.296 e. The van der Waals surface area contributed by atoms with Crippen molar-refractivity contribution in [2.75, 3.05) is 0 Å². The highest BCUT2D eigenvalue weighted by Crippen LogP contribution is 2.27. The Morgan fingerprint density at radius 2 is 2.13 bits per heavy atom. The van der Waals surface area contributed by atoms with Gasteiger partial charge in [0.1, 0.15) is 10.7 Å². The average Bonchev–Trinajstić information content (AvgIpc) is 2.60. The maximum atomic E-state index is 10.7. The smallest absolute Gasteiger partial charge is 0.169 e. The van der Waals surface area contributed by atoms with Crippen molar-refractivity contribution >= 4 is 17.6 Å². The van der Waals surface area contributed by atoms with Gasteiger partial charge in [0.05, 0.1) is 0 Å². The van der Waals surface area contributed by atoms with E-state index in [-0.39, 0.29) is 0 Å². The Balaban J connectivity index is 2.49. The maximum absolute atomic E-state index is 10.7. The summed E-state index contributed by atoms with van der Waals surface area (Å²) in [7, 11) is 0. The Kier molecular flexibility index (Phi) is 2.64. The van der Waals surface area contributed by atoms with Crippen LogP contribution in [0.15, 0.2) is 24.3 Å². The van der Waals surface area contributed by atoms with Crippen LogP contribution in [0.3, 0.4) is 0 Å². The third-order valence-electron chi connectivity index (χ3n) is 2.21. The molecule has 2 rings (SSSR count). The fraction of sp³-hybridized carbons (Fsp3) is 0.167. The molecular weight excluding hydrogens is 206 g/mol. The van der Waals surface area contributed by atoms with E-state index in [1.165, 1.54) is 5.56 Å². The molecule has 0 radical (unpaired) electrons. The quantitative estimate of drug-likeness (QED) is 0.723. The van der Waals surface area contributed by atoms with Gasteiger partial charge in [0.15, 0.2) is 6.29 Å². The van der Waals surface area contributed by atoms with E-state index in [2.05, 4.69) is 11.1 Å². The van der Waals surface area contributed by atoms with E-state index in [0.717, 1.165) is 21.7 Å². The Morgan fingerprint density at radius 3 is 2.73 bits per heavy atom. The van der Waals surface area contributed by atoms with Crippen LogP contribution in [0.1, 0.15) is 20.9 Å². The molecule has 0 saturated heterocycles. The molecule has 0 aliphatic carbocycles. The second-order valence-corrected chi connectivity index (χ2v) is 4.65. The van der Waals surface area contributed by atoms with Gasteiger partial charge in [-0.2, -0.15) is 0 Å². The molecular formula is C12H11NOS. The summed E-state index contributed by atoms with van der Waals surface area (Å²) in [5.74, 6) is 0. The fourth-order valence-electron chi connectivity index (χ4n) is 1.42. The molecule has 2 nitrogen and oxygen atoms in total. The summed E-state index contributed by atoms with van der Waals surface area (Å²) < 4.78 is 0. The number of carbonyl (C=O) groups is 1. The molecule has 0 N–H and O–H groups in total. The number of aldehydes is 1. The predicted octanol–water partition coefficient (Wildman–Crippen LogP) is 3.24. The van der Waals surface area contributed by atoms with Crippen LogP contribution in [-0.4, -0.2) is 11.3 Å². The molecule has 1 aromatic carbocycles. The van der Waals surface area contributed by atoms with Crippen LogP contribution in [-0.2, 0) is 0 Å². The zero-order chi connectivity index (χ0) is 10.8. The summed E-state index contributed by atoms with van der Waals surface area (Å²) in [6.07, 6.45) is 0.811. The van der Waals surface area contributed by atoms with Gasteiger partial charge in [-0.25, -0.2) is 4.98 Å². The van der Waals surface area contributed by atoms with Gasteiger partial charge < -0.3 is 0 Å². The molecule has 1 heterocycles. The van der Waals surface area contributed by atoms with Gasteiger partial charge in [-0.15, -0.1) is 11.3 Å². The van der Waals surface area contributed by atoms with Crippen LogP contribution >= 0.6 is 11.3 Å². The average molecular weight is 217 g/mol. The number of carbonyl (C=O) groups excluding carboxylic acids is 1. The van der Waals surface area contributed by atoms with Gasteiger partial charge in [-0.05, 0) is 19.9 Å². The highest BCUT2D eigenvalue weighted by Gasteiger charge is 2.08. The van der Waals surface area contributed by atoms with Crippen molar-refractivity contribution < 1.29 is 4.79 Å². The first-order valence-corrected chi connectivity index (χ1v) is 5.52. The van der Waals surface area contributed by atoms with E-state index < -0.39 is 0 Å². The monoisotopic (exact) mass is 217 g/mol. The van der Waals surface area contributed by atoms with Crippen LogP contribution in [0.5, 0.6) is 0 Å². The predicted molar refractivity (Wildman–Crippen MR) is 62.4 cm³/mol. The molecule has 0 spiro atoms. The lowest BCUT2D eigenvalue weighted by molar-refractivity contribution is 0.111. The molecule has 0 aliphatic heterocycles. The summed E-state index contributed by atoms with van der Waals surface area (Å²) in [5, 5.41) is 0.915. The molecule has 0 aliphatic rings.